The predicted octanol–water partition coefficient (Wildman–Crippen LogP) is -0.133. The third-order valence-electron chi connectivity index (χ3n) is 2.06. The molecule has 45 valence electrons. The van der Waals surface area contributed by atoms with Crippen LogP contribution < -0.4 is 5.32 Å². The molecule has 1 radical (unpaired) electrons. The fraction of sp³-hybridized carbons (Fsp3) is 1.00. The van der Waals surface area contributed by atoms with Crippen LogP contribution in [0.3, 0.4) is 0 Å². The van der Waals surface area contributed by atoms with Gasteiger partial charge in [0, 0.05) is 24.9 Å². The Morgan fingerprint density at radius 2 is 1.75 bits per heavy atom. The van der Waals surface area contributed by atoms with Crippen LogP contribution in [0.1, 0.15) is 0 Å². The zero-order valence-electron chi connectivity index (χ0n) is 4.84. The Morgan fingerprint density at radius 1 is 1.12 bits per heavy atom. The fourth-order valence-corrected chi connectivity index (χ4v) is 1.45. The quantitative estimate of drug-likeness (QED) is 0.428. The molecule has 2 heteroatoms. The molecule has 2 aliphatic rings. The van der Waals surface area contributed by atoms with Crippen LogP contribution >= 0.6 is 0 Å². The number of hydrogen-bond donors (Lipinski definition) is 0. The SMILES string of the molecule is C1[N]C[C@H]2COC[C@@H]12. The van der Waals surface area contributed by atoms with Crippen molar-refractivity contribution in [2.45, 2.75) is 0 Å². The van der Waals surface area contributed by atoms with E-state index in [1.165, 1.54) is 0 Å². The fourth-order valence-electron chi connectivity index (χ4n) is 1.45. The summed E-state index contributed by atoms with van der Waals surface area (Å²) in [5, 5.41) is 4.29. The van der Waals surface area contributed by atoms with Gasteiger partial charge in [-0.25, -0.2) is 5.32 Å². The maximum absolute atomic E-state index is 5.25. The van der Waals surface area contributed by atoms with Gasteiger partial charge in [-0.2, -0.15) is 0 Å². The Balaban J connectivity index is 2.04. The second-order valence-corrected chi connectivity index (χ2v) is 2.65. The maximum atomic E-state index is 5.25. The largest absolute Gasteiger partial charge is 0.381 e. The smallest absolute Gasteiger partial charge is 0.0511 e. The summed E-state index contributed by atoms with van der Waals surface area (Å²) in [6, 6.07) is 0. The highest BCUT2D eigenvalue weighted by molar-refractivity contribution is 4.83. The first-order valence-corrected chi connectivity index (χ1v) is 3.18. The van der Waals surface area contributed by atoms with Gasteiger partial charge in [0.25, 0.3) is 0 Å². The highest BCUT2D eigenvalue weighted by Crippen LogP contribution is 2.23. The molecule has 0 N–H and O–H groups in total. The molecule has 0 aromatic rings. The molecule has 0 aromatic carbocycles. The molecule has 8 heavy (non-hydrogen) atoms. The van der Waals surface area contributed by atoms with Gasteiger partial charge >= 0.3 is 0 Å². The molecule has 0 spiro atoms. The van der Waals surface area contributed by atoms with Crippen LogP contribution in [0, 0.1) is 11.8 Å². The van der Waals surface area contributed by atoms with E-state index in [4.69, 9.17) is 4.74 Å². The van der Waals surface area contributed by atoms with Crippen molar-refractivity contribution in [3.63, 3.8) is 0 Å². The Labute approximate surface area is 49.2 Å². The van der Waals surface area contributed by atoms with Gasteiger partial charge in [-0.05, 0) is 0 Å². The number of fused-ring (bicyclic) bond motifs is 1. The standard InChI is InChI=1S/C6H10NO/c1-5-3-8-4-6(5)2-7-1/h5-6H,1-4H2/t5-,6+. The van der Waals surface area contributed by atoms with Gasteiger partial charge in [-0.1, -0.05) is 0 Å². The van der Waals surface area contributed by atoms with Crippen molar-refractivity contribution >= 4 is 0 Å². The third-order valence-corrected chi connectivity index (χ3v) is 2.06. The lowest BCUT2D eigenvalue weighted by Gasteiger charge is -1.99. The summed E-state index contributed by atoms with van der Waals surface area (Å²) in [6.07, 6.45) is 0. The molecule has 0 amide bonds. The summed E-state index contributed by atoms with van der Waals surface area (Å²) >= 11 is 0. The number of hydrogen-bond acceptors (Lipinski definition) is 1. The minimum Gasteiger partial charge on any atom is -0.381 e. The molecule has 0 saturated carbocycles. The van der Waals surface area contributed by atoms with Crippen LogP contribution in [-0.2, 0) is 4.74 Å². The zero-order chi connectivity index (χ0) is 5.40. The Kier molecular flexibility index (Phi) is 1.02. The zero-order valence-corrected chi connectivity index (χ0v) is 4.84. The molecule has 0 aliphatic carbocycles. The molecular formula is C6H10NO. The van der Waals surface area contributed by atoms with Crippen LogP contribution in [0.5, 0.6) is 0 Å². The Hall–Kier alpha value is -0.0800. The van der Waals surface area contributed by atoms with Crippen LogP contribution in [0.15, 0.2) is 0 Å². The van der Waals surface area contributed by atoms with Gasteiger partial charge in [-0.15, -0.1) is 0 Å². The molecular weight excluding hydrogens is 102 g/mol. The van der Waals surface area contributed by atoms with E-state index in [-0.39, 0.29) is 0 Å². The van der Waals surface area contributed by atoms with Crippen molar-refractivity contribution in [2.24, 2.45) is 11.8 Å². The predicted molar refractivity (Wildman–Crippen MR) is 29.7 cm³/mol. The van der Waals surface area contributed by atoms with E-state index in [1.807, 2.05) is 0 Å². The van der Waals surface area contributed by atoms with Crippen LogP contribution in [-0.4, -0.2) is 26.3 Å². The lowest BCUT2D eigenvalue weighted by molar-refractivity contribution is 0.175. The lowest BCUT2D eigenvalue weighted by atomic mass is 10.0. The number of nitrogens with zero attached hydrogens (tertiary/aromatic N) is 1. The van der Waals surface area contributed by atoms with Crippen molar-refractivity contribution < 1.29 is 4.74 Å². The van der Waals surface area contributed by atoms with E-state index in [1.54, 1.807) is 0 Å². The van der Waals surface area contributed by atoms with E-state index in [0.717, 1.165) is 38.1 Å². The average molecular weight is 112 g/mol. The maximum Gasteiger partial charge on any atom is 0.0511 e. The first-order valence-electron chi connectivity index (χ1n) is 3.18. The molecule has 2 aliphatic heterocycles. The van der Waals surface area contributed by atoms with E-state index in [9.17, 15) is 0 Å². The highest BCUT2D eigenvalue weighted by atomic mass is 16.5. The van der Waals surface area contributed by atoms with Crippen molar-refractivity contribution in [3.8, 4) is 0 Å². The average Bonchev–Trinajstić information content (AvgIpc) is 2.15. The summed E-state index contributed by atoms with van der Waals surface area (Å²) in [4.78, 5) is 0. The van der Waals surface area contributed by atoms with E-state index < -0.39 is 0 Å². The monoisotopic (exact) mass is 112 g/mol. The summed E-state index contributed by atoms with van der Waals surface area (Å²) in [5.74, 6) is 1.57. The first kappa shape index (κ1) is 4.77. The van der Waals surface area contributed by atoms with E-state index in [2.05, 4.69) is 5.32 Å². The number of rotatable bonds is 0. The minimum absolute atomic E-state index is 0.787. The van der Waals surface area contributed by atoms with Crippen LogP contribution in [0.25, 0.3) is 0 Å². The molecule has 2 heterocycles. The number of ether oxygens (including phenoxy) is 1. The van der Waals surface area contributed by atoms with Crippen molar-refractivity contribution in [2.75, 3.05) is 26.3 Å². The van der Waals surface area contributed by atoms with Gasteiger partial charge in [0.05, 0.1) is 13.2 Å². The van der Waals surface area contributed by atoms with Crippen molar-refractivity contribution in [1.82, 2.24) is 5.32 Å². The summed E-state index contributed by atoms with van der Waals surface area (Å²) < 4.78 is 5.25. The summed E-state index contributed by atoms with van der Waals surface area (Å²) in [7, 11) is 0. The summed E-state index contributed by atoms with van der Waals surface area (Å²) in [6.45, 7) is 4.05. The minimum atomic E-state index is 0.787. The second-order valence-electron chi connectivity index (χ2n) is 2.65. The van der Waals surface area contributed by atoms with Gasteiger partial charge in [0.1, 0.15) is 0 Å². The second kappa shape index (κ2) is 1.71. The van der Waals surface area contributed by atoms with Crippen LogP contribution in [0.4, 0.5) is 0 Å². The Morgan fingerprint density at radius 3 is 2.38 bits per heavy atom. The first-order chi connectivity index (χ1) is 3.97. The third kappa shape index (κ3) is 0.565. The summed E-state index contributed by atoms with van der Waals surface area (Å²) in [5.41, 5.74) is 0. The molecule has 0 aromatic heterocycles. The van der Waals surface area contributed by atoms with Gasteiger partial charge in [-0.3, -0.25) is 0 Å². The molecule has 0 bridgehead atoms. The van der Waals surface area contributed by atoms with Crippen molar-refractivity contribution in [1.29, 1.82) is 0 Å². The molecule has 2 rings (SSSR count). The normalized spacial score (nSPS) is 45.0. The van der Waals surface area contributed by atoms with E-state index in [0.29, 0.717) is 0 Å². The van der Waals surface area contributed by atoms with Gasteiger partial charge in [0.15, 0.2) is 0 Å². The lowest BCUT2D eigenvalue weighted by Crippen LogP contribution is -2.07. The molecule has 2 nitrogen and oxygen atoms in total. The van der Waals surface area contributed by atoms with E-state index >= 15 is 0 Å². The topological polar surface area (TPSA) is 23.3 Å². The van der Waals surface area contributed by atoms with Crippen molar-refractivity contribution in [3.05, 3.63) is 0 Å². The van der Waals surface area contributed by atoms with Gasteiger partial charge < -0.3 is 4.74 Å². The molecule has 2 saturated heterocycles. The highest BCUT2D eigenvalue weighted by Gasteiger charge is 2.32. The molecule has 2 fully saturated rings. The molecule has 2 atom stereocenters. The Bertz CT molecular complexity index is 74.5. The van der Waals surface area contributed by atoms with Crippen LogP contribution in [0.2, 0.25) is 0 Å². The molecule has 0 unspecified atom stereocenters. The van der Waals surface area contributed by atoms with Gasteiger partial charge in [0.2, 0.25) is 0 Å².